The smallest absolute Gasteiger partial charge is 0.0424 e. The van der Waals surface area contributed by atoms with E-state index in [4.69, 9.17) is 5.73 Å². The van der Waals surface area contributed by atoms with Gasteiger partial charge in [0, 0.05) is 24.7 Å². The predicted molar refractivity (Wildman–Crippen MR) is 82.3 cm³/mol. The van der Waals surface area contributed by atoms with Crippen LogP contribution in [0.2, 0.25) is 0 Å². The summed E-state index contributed by atoms with van der Waals surface area (Å²) in [4.78, 5) is 2.61. The molecular weight excluding hydrogens is 232 g/mol. The first-order valence-corrected chi connectivity index (χ1v) is 7.61. The third kappa shape index (κ3) is 3.18. The van der Waals surface area contributed by atoms with Crippen molar-refractivity contribution in [3.63, 3.8) is 0 Å². The first-order chi connectivity index (χ1) is 9.02. The van der Waals surface area contributed by atoms with Crippen LogP contribution in [0.15, 0.2) is 18.2 Å². The lowest BCUT2D eigenvalue weighted by Gasteiger charge is -2.30. The quantitative estimate of drug-likeness (QED) is 0.897. The molecule has 3 unspecified atom stereocenters. The van der Waals surface area contributed by atoms with Crippen LogP contribution in [0.1, 0.15) is 55.8 Å². The topological polar surface area (TPSA) is 29.3 Å². The summed E-state index contributed by atoms with van der Waals surface area (Å²) in [5.41, 5.74) is 10.4. The Bertz CT molecular complexity index is 427. The molecule has 1 aliphatic heterocycles. The van der Waals surface area contributed by atoms with E-state index in [-0.39, 0.29) is 6.04 Å². The van der Waals surface area contributed by atoms with Crippen molar-refractivity contribution in [2.75, 3.05) is 6.54 Å². The highest BCUT2D eigenvalue weighted by molar-refractivity contribution is 5.31. The molecule has 0 bridgehead atoms. The molecule has 2 heteroatoms. The van der Waals surface area contributed by atoms with Crippen molar-refractivity contribution < 1.29 is 0 Å². The van der Waals surface area contributed by atoms with Crippen LogP contribution in [0.5, 0.6) is 0 Å². The molecule has 1 saturated heterocycles. The molecule has 2 nitrogen and oxygen atoms in total. The molecule has 1 heterocycles. The Morgan fingerprint density at radius 2 is 2.00 bits per heavy atom. The molecule has 0 spiro atoms. The molecule has 1 aromatic rings. The lowest BCUT2D eigenvalue weighted by molar-refractivity contribution is 0.186. The summed E-state index contributed by atoms with van der Waals surface area (Å²) >= 11 is 0. The van der Waals surface area contributed by atoms with Gasteiger partial charge in [0.15, 0.2) is 0 Å². The van der Waals surface area contributed by atoms with Crippen molar-refractivity contribution in [1.29, 1.82) is 0 Å². The average molecular weight is 260 g/mol. The van der Waals surface area contributed by atoms with E-state index in [1.54, 1.807) is 0 Å². The van der Waals surface area contributed by atoms with Gasteiger partial charge in [-0.1, -0.05) is 25.1 Å². The molecule has 0 amide bonds. The second-order valence-corrected chi connectivity index (χ2v) is 6.14. The lowest BCUT2D eigenvalue weighted by Crippen LogP contribution is -2.39. The summed E-state index contributed by atoms with van der Waals surface area (Å²) in [5.74, 6) is 0. The Kier molecular flexibility index (Phi) is 4.64. The minimum absolute atomic E-state index is 0.133. The normalized spacial score (nSPS) is 25.7. The molecule has 0 aliphatic carbocycles. The van der Waals surface area contributed by atoms with E-state index in [9.17, 15) is 0 Å². The van der Waals surface area contributed by atoms with E-state index >= 15 is 0 Å². The van der Waals surface area contributed by atoms with Gasteiger partial charge in [0.1, 0.15) is 0 Å². The summed E-state index contributed by atoms with van der Waals surface area (Å²) < 4.78 is 0. The predicted octanol–water partition coefficient (Wildman–Crippen LogP) is 3.57. The van der Waals surface area contributed by atoms with E-state index in [0.717, 1.165) is 12.6 Å². The van der Waals surface area contributed by atoms with Gasteiger partial charge in [-0.2, -0.15) is 0 Å². The number of aryl methyl sites for hydroxylation is 2. The van der Waals surface area contributed by atoms with Crippen LogP contribution >= 0.6 is 0 Å². The summed E-state index contributed by atoms with van der Waals surface area (Å²) in [6, 6.07) is 8.18. The molecule has 1 aromatic carbocycles. The zero-order valence-electron chi connectivity index (χ0n) is 12.8. The molecular formula is C17H28N2. The molecule has 1 fully saturated rings. The molecule has 106 valence electrons. The standard InChI is InChI=1S/C17H28N2/c1-5-16-9-7-14(4)19(16)11-17(18)15-8-6-12(2)13(3)10-15/h6,8,10,14,16-17H,5,7,9,11,18H2,1-4H3. The number of hydrogen-bond donors (Lipinski definition) is 1. The van der Waals surface area contributed by atoms with Crippen molar-refractivity contribution in [2.24, 2.45) is 5.73 Å². The molecule has 0 saturated carbocycles. The summed E-state index contributed by atoms with van der Waals surface area (Å²) in [6.07, 6.45) is 3.89. The number of likely N-dealkylation sites (tertiary alicyclic amines) is 1. The van der Waals surface area contributed by atoms with Gasteiger partial charge in [-0.25, -0.2) is 0 Å². The Labute approximate surface area is 118 Å². The largest absolute Gasteiger partial charge is 0.323 e. The van der Waals surface area contributed by atoms with Gasteiger partial charge in [0.05, 0.1) is 0 Å². The van der Waals surface area contributed by atoms with Gasteiger partial charge in [-0.3, -0.25) is 4.90 Å². The highest BCUT2D eigenvalue weighted by Crippen LogP contribution is 2.28. The van der Waals surface area contributed by atoms with Gasteiger partial charge in [0.25, 0.3) is 0 Å². The fourth-order valence-electron chi connectivity index (χ4n) is 3.22. The van der Waals surface area contributed by atoms with Crippen LogP contribution in [0, 0.1) is 13.8 Å². The van der Waals surface area contributed by atoms with Crippen molar-refractivity contribution in [3.8, 4) is 0 Å². The Morgan fingerprint density at radius 1 is 1.26 bits per heavy atom. The molecule has 0 aromatic heterocycles. The second kappa shape index (κ2) is 6.06. The van der Waals surface area contributed by atoms with Crippen LogP contribution < -0.4 is 5.73 Å². The van der Waals surface area contributed by atoms with Gasteiger partial charge in [-0.05, 0) is 56.7 Å². The molecule has 3 atom stereocenters. The van der Waals surface area contributed by atoms with Crippen molar-refractivity contribution in [3.05, 3.63) is 34.9 Å². The third-order valence-electron chi connectivity index (χ3n) is 4.79. The summed E-state index contributed by atoms with van der Waals surface area (Å²) in [6.45, 7) is 9.93. The van der Waals surface area contributed by atoms with Gasteiger partial charge < -0.3 is 5.73 Å². The highest BCUT2D eigenvalue weighted by Gasteiger charge is 2.30. The summed E-state index contributed by atoms with van der Waals surface area (Å²) in [7, 11) is 0. The maximum Gasteiger partial charge on any atom is 0.0424 e. The van der Waals surface area contributed by atoms with E-state index in [1.165, 1.54) is 36.0 Å². The number of rotatable bonds is 4. The second-order valence-electron chi connectivity index (χ2n) is 6.14. The Morgan fingerprint density at radius 3 is 2.63 bits per heavy atom. The number of benzene rings is 1. The van der Waals surface area contributed by atoms with Crippen LogP contribution in [0.4, 0.5) is 0 Å². The molecule has 19 heavy (non-hydrogen) atoms. The SMILES string of the molecule is CCC1CCC(C)N1CC(N)c1ccc(C)c(C)c1. The van der Waals surface area contributed by atoms with E-state index in [2.05, 4.69) is 50.8 Å². The molecule has 1 aliphatic rings. The van der Waals surface area contributed by atoms with Crippen LogP contribution in [0.25, 0.3) is 0 Å². The first-order valence-electron chi connectivity index (χ1n) is 7.61. The van der Waals surface area contributed by atoms with Crippen molar-refractivity contribution in [1.82, 2.24) is 4.90 Å². The van der Waals surface area contributed by atoms with Crippen LogP contribution in [-0.4, -0.2) is 23.5 Å². The number of nitrogens with two attached hydrogens (primary N) is 1. The monoisotopic (exact) mass is 260 g/mol. The molecule has 0 radical (unpaired) electrons. The minimum atomic E-state index is 0.133. The van der Waals surface area contributed by atoms with E-state index in [0.29, 0.717) is 6.04 Å². The maximum atomic E-state index is 6.43. The van der Waals surface area contributed by atoms with Crippen LogP contribution in [-0.2, 0) is 0 Å². The maximum absolute atomic E-state index is 6.43. The number of nitrogens with zero attached hydrogens (tertiary/aromatic N) is 1. The van der Waals surface area contributed by atoms with Crippen LogP contribution in [0.3, 0.4) is 0 Å². The minimum Gasteiger partial charge on any atom is -0.323 e. The van der Waals surface area contributed by atoms with Crippen molar-refractivity contribution in [2.45, 2.75) is 65.1 Å². The van der Waals surface area contributed by atoms with Gasteiger partial charge >= 0.3 is 0 Å². The lowest BCUT2D eigenvalue weighted by atomic mass is 10.0. The third-order valence-corrected chi connectivity index (χ3v) is 4.79. The first kappa shape index (κ1) is 14.5. The Hall–Kier alpha value is -0.860. The Balaban J connectivity index is 2.07. The zero-order chi connectivity index (χ0) is 14.0. The van der Waals surface area contributed by atoms with E-state index in [1.807, 2.05) is 0 Å². The van der Waals surface area contributed by atoms with Gasteiger partial charge in [0.2, 0.25) is 0 Å². The fourth-order valence-corrected chi connectivity index (χ4v) is 3.22. The molecule has 2 rings (SSSR count). The number of hydrogen-bond acceptors (Lipinski definition) is 2. The van der Waals surface area contributed by atoms with Crippen molar-refractivity contribution >= 4 is 0 Å². The van der Waals surface area contributed by atoms with Gasteiger partial charge in [-0.15, -0.1) is 0 Å². The molecule has 2 N–H and O–H groups in total. The average Bonchev–Trinajstić information content (AvgIpc) is 2.74. The fraction of sp³-hybridized carbons (Fsp3) is 0.647. The zero-order valence-corrected chi connectivity index (χ0v) is 12.8. The highest BCUT2D eigenvalue weighted by atomic mass is 15.2. The van der Waals surface area contributed by atoms with E-state index < -0.39 is 0 Å². The summed E-state index contributed by atoms with van der Waals surface area (Å²) in [5, 5.41) is 0.